The smallest absolute Gasteiger partial charge is 0.232 e. The van der Waals surface area contributed by atoms with E-state index in [2.05, 4.69) is 17.2 Å². The molecular formula is C18H20Cl2N2OS. The minimum atomic E-state index is -0.218. The maximum Gasteiger partial charge on any atom is 0.232 e. The van der Waals surface area contributed by atoms with Crippen LogP contribution in [0.15, 0.2) is 12.1 Å². The summed E-state index contributed by atoms with van der Waals surface area (Å²) in [7, 11) is 0. The lowest BCUT2D eigenvalue weighted by Crippen LogP contribution is -2.46. The predicted molar refractivity (Wildman–Crippen MR) is 101 cm³/mol. The van der Waals surface area contributed by atoms with Crippen LogP contribution < -0.4 is 5.32 Å². The van der Waals surface area contributed by atoms with Gasteiger partial charge >= 0.3 is 0 Å². The number of thiazole rings is 1. The van der Waals surface area contributed by atoms with Gasteiger partial charge in [-0.05, 0) is 49.7 Å². The summed E-state index contributed by atoms with van der Waals surface area (Å²) in [5.74, 6) is 0.134. The van der Waals surface area contributed by atoms with Crippen LogP contribution in [0.4, 0.5) is 5.13 Å². The number of amides is 1. The highest BCUT2D eigenvalue weighted by Crippen LogP contribution is 2.55. The molecule has 0 radical (unpaired) electrons. The number of nitrogens with zero attached hydrogens (tertiary/aromatic N) is 1. The molecule has 0 aliphatic heterocycles. The Bertz CT molecular complexity index is 807. The first kappa shape index (κ1) is 16.6. The number of halogens is 2. The molecule has 0 atom stereocenters. The van der Waals surface area contributed by atoms with Crippen LogP contribution in [0.3, 0.4) is 0 Å². The Morgan fingerprint density at radius 3 is 2.62 bits per heavy atom. The van der Waals surface area contributed by atoms with Crippen LogP contribution in [0, 0.1) is 10.8 Å². The summed E-state index contributed by atoms with van der Waals surface area (Å²) in [6.45, 7) is 2.34. The van der Waals surface area contributed by atoms with Crippen molar-refractivity contribution in [2.24, 2.45) is 10.8 Å². The summed E-state index contributed by atoms with van der Waals surface area (Å²) in [4.78, 5) is 17.6. The first-order chi connectivity index (χ1) is 11.4. The van der Waals surface area contributed by atoms with Crippen LogP contribution in [0.5, 0.6) is 0 Å². The molecule has 2 fully saturated rings. The molecule has 1 aromatic carbocycles. The molecule has 1 N–H and O–H groups in total. The molecule has 1 amide bonds. The lowest BCUT2D eigenvalue weighted by atomic mass is 9.55. The summed E-state index contributed by atoms with van der Waals surface area (Å²) in [6, 6.07) is 3.49. The molecule has 0 unspecified atom stereocenters. The number of carbonyl (C=O) groups excluding carboxylic acids is 1. The standard InChI is InChI=1S/C18H20Cl2N2OS/c1-17-4-2-6-18(10-17,7-3-5-17)15(23)22-16-21-13-9-11(19)8-12(20)14(13)24-16/h8-9H,2-7,10H2,1H3,(H,21,22,23). The zero-order valence-electron chi connectivity index (χ0n) is 13.6. The average Bonchev–Trinajstić information content (AvgIpc) is 2.89. The van der Waals surface area contributed by atoms with Gasteiger partial charge in [-0.15, -0.1) is 0 Å². The van der Waals surface area contributed by atoms with E-state index in [0.29, 0.717) is 20.6 Å². The van der Waals surface area contributed by atoms with Gasteiger partial charge in [0.15, 0.2) is 5.13 Å². The molecule has 128 valence electrons. The van der Waals surface area contributed by atoms with Crippen LogP contribution in [-0.4, -0.2) is 10.9 Å². The lowest BCUT2D eigenvalue weighted by Gasteiger charge is -2.49. The van der Waals surface area contributed by atoms with Gasteiger partial charge in [-0.25, -0.2) is 4.98 Å². The summed E-state index contributed by atoms with van der Waals surface area (Å²) in [6.07, 6.45) is 7.77. The minimum absolute atomic E-state index is 0.134. The van der Waals surface area contributed by atoms with Crippen molar-refractivity contribution in [2.75, 3.05) is 5.32 Å². The van der Waals surface area contributed by atoms with Gasteiger partial charge in [0.1, 0.15) is 0 Å². The van der Waals surface area contributed by atoms with Gasteiger partial charge in [0, 0.05) is 5.02 Å². The van der Waals surface area contributed by atoms with Gasteiger partial charge in [-0.2, -0.15) is 0 Å². The van der Waals surface area contributed by atoms with E-state index >= 15 is 0 Å². The van der Waals surface area contributed by atoms with Crippen LogP contribution in [0.1, 0.15) is 51.9 Å². The molecule has 4 rings (SSSR count). The van der Waals surface area contributed by atoms with E-state index in [-0.39, 0.29) is 11.3 Å². The first-order valence-electron chi connectivity index (χ1n) is 8.46. The number of benzene rings is 1. The van der Waals surface area contributed by atoms with Crippen molar-refractivity contribution in [1.82, 2.24) is 4.98 Å². The normalized spacial score (nSPS) is 29.6. The summed E-state index contributed by atoms with van der Waals surface area (Å²) in [5, 5.41) is 4.83. The lowest BCUT2D eigenvalue weighted by molar-refractivity contribution is -0.133. The Morgan fingerprint density at radius 1 is 1.21 bits per heavy atom. The number of rotatable bonds is 2. The first-order valence-corrected chi connectivity index (χ1v) is 10.0. The average molecular weight is 383 g/mol. The van der Waals surface area contributed by atoms with Crippen molar-refractivity contribution >= 4 is 55.8 Å². The zero-order valence-corrected chi connectivity index (χ0v) is 16.0. The van der Waals surface area contributed by atoms with Crippen molar-refractivity contribution in [1.29, 1.82) is 0 Å². The van der Waals surface area contributed by atoms with E-state index in [9.17, 15) is 4.79 Å². The largest absolute Gasteiger partial charge is 0.301 e. The van der Waals surface area contributed by atoms with Crippen LogP contribution in [-0.2, 0) is 4.79 Å². The highest BCUT2D eigenvalue weighted by molar-refractivity contribution is 7.23. The van der Waals surface area contributed by atoms with Gasteiger partial charge in [0.25, 0.3) is 0 Å². The molecule has 2 bridgehead atoms. The number of aromatic nitrogens is 1. The Morgan fingerprint density at radius 2 is 1.92 bits per heavy atom. The Balaban J connectivity index is 1.61. The van der Waals surface area contributed by atoms with Gasteiger partial charge in [-0.3, -0.25) is 4.79 Å². The number of hydrogen-bond donors (Lipinski definition) is 1. The summed E-state index contributed by atoms with van der Waals surface area (Å²) in [5.41, 5.74) is 0.852. The predicted octanol–water partition coefficient (Wildman–Crippen LogP) is 6.29. The Hall–Kier alpha value is -0.840. The quantitative estimate of drug-likeness (QED) is 0.662. The fraction of sp³-hybridized carbons (Fsp3) is 0.556. The fourth-order valence-electron chi connectivity index (χ4n) is 4.68. The molecule has 2 saturated carbocycles. The van der Waals surface area contributed by atoms with E-state index in [1.807, 2.05) is 0 Å². The van der Waals surface area contributed by atoms with Crippen molar-refractivity contribution in [3.05, 3.63) is 22.2 Å². The molecule has 2 aromatic rings. The number of hydrogen-bond acceptors (Lipinski definition) is 3. The van der Waals surface area contributed by atoms with E-state index in [1.165, 1.54) is 24.2 Å². The van der Waals surface area contributed by atoms with Gasteiger partial charge < -0.3 is 5.32 Å². The number of fused-ring (bicyclic) bond motifs is 3. The molecule has 24 heavy (non-hydrogen) atoms. The van der Waals surface area contributed by atoms with Crippen molar-refractivity contribution in [3.63, 3.8) is 0 Å². The van der Waals surface area contributed by atoms with Crippen LogP contribution in [0.25, 0.3) is 10.2 Å². The maximum absolute atomic E-state index is 13.1. The van der Waals surface area contributed by atoms with Gasteiger partial charge in [0.2, 0.25) is 5.91 Å². The zero-order chi connectivity index (χ0) is 16.9. The molecule has 6 heteroatoms. The van der Waals surface area contributed by atoms with E-state index in [0.717, 1.165) is 42.3 Å². The summed E-state index contributed by atoms with van der Waals surface area (Å²) < 4.78 is 0.867. The number of nitrogens with one attached hydrogen (secondary N) is 1. The number of anilines is 1. The topological polar surface area (TPSA) is 42.0 Å². The molecule has 1 heterocycles. The monoisotopic (exact) mass is 382 g/mol. The molecule has 1 aromatic heterocycles. The SMILES string of the molecule is CC12CCCC(C(=O)Nc3nc4cc(Cl)cc(Cl)c4s3)(CCC1)C2. The second-order valence-corrected chi connectivity index (χ2v) is 9.53. The fourth-order valence-corrected chi connectivity index (χ4v) is 6.12. The van der Waals surface area contributed by atoms with Crippen molar-refractivity contribution in [2.45, 2.75) is 51.9 Å². The number of carbonyl (C=O) groups is 1. The van der Waals surface area contributed by atoms with E-state index in [4.69, 9.17) is 23.2 Å². The second-order valence-electron chi connectivity index (χ2n) is 7.68. The van der Waals surface area contributed by atoms with Crippen LogP contribution in [0.2, 0.25) is 10.0 Å². The molecule has 0 spiro atoms. The summed E-state index contributed by atoms with van der Waals surface area (Å²) >= 11 is 13.7. The third-order valence-electron chi connectivity index (χ3n) is 5.75. The van der Waals surface area contributed by atoms with Crippen molar-refractivity contribution in [3.8, 4) is 0 Å². The third-order valence-corrected chi connectivity index (χ3v) is 7.40. The molecule has 3 nitrogen and oxygen atoms in total. The Kier molecular flexibility index (Phi) is 4.06. The molecule has 0 saturated heterocycles. The third kappa shape index (κ3) is 2.83. The second kappa shape index (κ2) is 5.86. The highest BCUT2D eigenvalue weighted by Gasteiger charge is 2.49. The van der Waals surface area contributed by atoms with Crippen LogP contribution >= 0.6 is 34.5 Å². The molecular weight excluding hydrogens is 363 g/mol. The Labute approximate surface area is 155 Å². The molecule has 2 aliphatic rings. The maximum atomic E-state index is 13.1. The molecule has 2 aliphatic carbocycles. The van der Waals surface area contributed by atoms with E-state index in [1.54, 1.807) is 12.1 Å². The minimum Gasteiger partial charge on any atom is -0.301 e. The van der Waals surface area contributed by atoms with E-state index < -0.39 is 0 Å². The van der Waals surface area contributed by atoms with Crippen molar-refractivity contribution < 1.29 is 4.79 Å². The van der Waals surface area contributed by atoms with Gasteiger partial charge in [-0.1, -0.05) is 54.3 Å². The highest BCUT2D eigenvalue weighted by atomic mass is 35.5. The van der Waals surface area contributed by atoms with Gasteiger partial charge in [0.05, 0.1) is 20.7 Å².